The van der Waals surface area contributed by atoms with E-state index < -0.39 is 0 Å². The summed E-state index contributed by atoms with van der Waals surface area (Å²) < 4.78 is 5.35. The molecule has 0 amide bonds. The molecule has 0 saturated heterocycles. The molecule has 1 aromatic rings. The number of nitrogens with two attached hydrogens (primary N) is 1. The highest BCUT2D eigenvalue weighted by atomic mass is 35.5. The fraction of sp³-hybridized carbons (Fsp3) is 0.455. The van der Waals surface area contributed by atoms with Crippen molar-refractivity contribution in [2.24, 2.45) is 5.73 Å². The molecular weight excluding hydrogens is 198 g/mol. The summed E-state index contributed by atoms with van der Waals surface area (Å²) in [5.74, 6) is 0. The highest BCUT2D eigenvalue weighted by molar-refractivity contribution is 6.31. The van der Waals surface area contributed by atoms with E-state index in [1.807, 2.05) is 6.07 Å². The summed E-state index contributed by atoms with van der Waals surface area (Å²) >= 11 is 6.03. The van der Waals surface area contributed by atoms with Crippen molar-refractivity contribution in [2.45, 2.75) is 20.0 Å². The lowest BCUT2D eigenvalue weighted by molar-refractivity contribution is 0.110. The molecule has 0 unspecified atom stereocenters. The van der Waals surface area contributed by atoms with Gasteiger partial charge >= 0.3 is 0 Å². The number of fused-ring (bicyclic) bond motifs is 1. The lowest BCUT2D eigenvalue weighted by Gasteiger charge is -2.19. The van der Waals surface area contributed by atoms with E-state index in [9.17, 15) is 0 Å². The number of aryl methyl sites for hydroxylation is 1. The van der Waals surface area contributed by atoms with Crippen molar-refractivity contribution in [3.05, 3.63) is 33.8 Å². The first-order valence-corrected chi connectivity index (χ1v) is 5.09. The molecule has 2 rings (SSSR count). The number of hydrogen-bond acceptors (Lipinski definition) is 2. The van der Waals surface area contributed by atoms with Crippen LogP contribution in [0.1, 0.15) is 16.7 Å². The van der Waals surface area contributed by atoms with E-state index >= 15 is 0 Å². The van der Waals surface area contributed by atoms with Crippen LogP contribution in [-0.2, 0) is 17.8 Å². The second-order valence-electron chi connectivity index (χ2n) is 3.12. The SMILES string of the molecule is CN.Cc1ccc(Cl)c2c1CCOC2. The van der Waals surface area contributed by atoms with Crippen LogP contribution in [0.4, 0.5) is 0 Å². The van der Waals surface area contributed by atoms with Gasteiger partial charge in [-0.15, -0.1) is 0 Å². The van der Waals surface area contributed by atoms with E-state index in [4.69, 9.17) is 16.3 Å². The molecule has 0 fully saturated rings. The first-order valence-electron chi connectivity index (χ1n) is 4.71. The van der Waals surface area contributed by atoms with Crippen LogP contribution < -0.4 is 5.73 Å². The van der Waals surface area contributed by atoms with Gasteiger partial charge in [-0.1, -0.05) is 17.7 Å². The molecule has 1 heterocycles. The molecular formula is C11H16ClNO. The van der Waals surface area contributed by atoms with Crippen molar-refractivity contribution in [3.8, 4) is 0 Å². The Kier molecular flexibility index (Phi) is 4.39. The predicted octanol–water partition coefficient (Wildman–Crippen LogP) is 2.30. The number of halogens is 1. The van der Waals surface area contributed by atoms with E-state index in [0.29, 0.717) is 6.61 Å². The normalized spacial score (nSPS) is 14.0. The fourth-order valence-corrected chi connectivity index (χ4v) is 1.87. The van der Waals surface area contributed by atoms with Crippen LogP contribution in [0.25, 0.3) is 0 Å². The van der Waals surface area contributed by atoms with E-state index in [-0.39, 0.29) is 0 Å². The summed E-state index contributed by atoms with van der Waals surface area (Å²) in [6.07, 6.45) is 1.00. The van der Waals surface area contributed by atoms with Crippen LogP contribution in [-0.4, -0.2) is 13.7 Å². The maximum absolute atomic E-state index is 6.03. The quantitative estimate of drug-likeness (QED) is 0.718. The zero-order chi connectivity index (χ0) is 10.6. The second kappa shape index (κ2) is 5.35. The molecule has 0 spiro atoms. The Morgan fingerprint density at radius 2 is 2.00 bits per heavy atom. The molecule has 0 atom stereocenters. The van der Waals surface area contributed by atoms with Crippen LogP contribution in [0.5, 0.6) is 0 Å². The average molecular weight is 214 g/mol. The summed E-state index contributed by atoms with van der Waals surface area (Å²) in [5, 5.41) is 0.843. The third-order valence-electron chi connectivity index (χ3n) is 2.35. The third-order valence-corrected chi connectivity index (χ3v) is 2.71. The highest BCUT2D eigenvalue weighted by Crippen LogP contribution is 2.27. The van der Waals surface area contributed by atoms with Gasteiger partial charge in [-0.05, 0) is 43.1 Å². The number of hydrogen-bond donors (Lipinski definition) is 1. The average Bonchev–Trinajstić information content (AvgIpc) is 2.27. The number of rotatable bonds is 0. The monoisotopic (exact) mass is 213 g/mol. The summed E-state index contributed by atoms with van der Waals surface area (Å²) in [6.45, 7) is 3.63. The molecule has 0 bridgehead atoms. The number of ether oxygens (including phenoxy) is 1. The van der Waals surface area contributed by atoms with Crippen LogP contribution in [0.15, 0.2) is 12.1 Å². The molecule has 0 aliphatic carbocycles. The molecule has 14 heavy (non-hydrogen) atoms. The van der Waals surface area contributed by atoms with Gasteiger partial charge in [-0.25, -0.2) is 0 Å². The Morgan fingerprint density at radius 3 is 2.64 bits per heavy atom. The van der Waals surface area contributed by atoms with Crippen LogP contribution in [0, 0.1) is 6.92 Å². The fourth-order valence-electron chi connectivity index (χ4n) is 1.63. The van der Waals surface area contributed by atoms with Gasteiger partial charge in [0.2, 0.25) is 0 Å². The first-order chi connectivity index (χ1) is 6.79. The zero-order valence-electron chi connectivity index (χ0n) is 8.64. The van der Waals surface area contributed by atoms with Gasteiger partial charge in [0.05, 0.1) is 13.2 Å². The molecule has 0 radical (unpaired) electrons. The summed E-state index contributed by atoms with van der Waals surface area (Å²) in [6, 6.07) is 4.02. The summed E-state index contributed by atoms with van der Waals surface area (Å²) in [5.41, 5.74) is 8.40. The van der Waals surface area contributed by atoms with E-state index in [0.717, 1.165) is 18.1 Å². The predicted molar refractivity (Wildman–Crippen MR) is 59.7 cm³/mol. The number of benzene rings is 1. The minimum Gasteiger partial charge on any atom is -0.376 e. The van der Waals surface area contributed by atoms with Crippen molar-refractivity contribution >= 4 is 11.6 Å². The van der Waals surface area contributed by atoms with Crippen molar-refractivity contribution < 1.29 is 4.74 Å². The lowest BCUT2D eigenvalue weighted by Crippen LogP contribution is -2.11. The van der Waals surface area contributed by atoms with Gasteiger partial charge in [-0.3, -0.25) is 0 Å². The van der Waals surface area contributed by atoms with Crippen molar-refractivity contribution in [1.29, 1.82) is 0 Å². The molecule has 78 valence electrons. The molecule has 1 aromatic carbocycles. The van der Waals surface area contributed by atoms with Crippen LogP contribution in [0.2, 0.25) is 5.02 Å². The van der Waals surface area contributed by atoms with E-state index in [2.05, 4.69) is 18.7 Å². The maximum Gasteiger partial charge on any atom is 0.0734 e. The Morgan fingerprint density at radius 1 is 1.29 bits per heavy atom. The van der Waals surface area contributed by atoms with E-state index in [1.165, 1.54) is 23.7 Å². The van der Waals surface area contributed by atoms with Gasteiger partial charge in [0, 0.05) is 5.02 Å². The topological polar surface area (TPSA) is 35.2 Å². The smallest absolute Gasteiger partial charge is 0.0734 e. The Labute approximate surface area is 90.0 Å². The van der Waals surface area contributed by atoms with Crippen LogP contribution >= 0.6 is 11.6 Å². The largest absolute Gasteiger partial charge is 0.376 e. The van der Waals surface area contributed by atoms with Gasteiger partial charge < -0.3 is 10.5 Å². The standard InChI is InChI=1S/C10H11ClO.CH5N/c1-7-2-3-10(11)9-6-12-5-4-8(7)9;1-2/h2-3H,4-6H2,1H3;2H2,1H3. The second-order valence-corrected chi connectivity index (χ2v) is 3.53. The third kappa shape index (κ3) is 2.27. The van der Waals surface area contributed by atoms with Crippen molar-refractivity contribution in [1.82, 2.24) is 0 Å². The molecule has 2 N–H and O–H groups in total. The van der Waals surface area contributed by atoms with Gasteiger partial charge in [0.1, 0.15) is 0 Å². The molecule has 0 aromatic heterocycles. The van der Waals surface area contributed by atoms with Crippen LogP contribution in [0.3, 0.4) is 0 Å². The first kappa shape index (κ1) is 11.5. The summed E-state index contributed by atoms with van der Waals surface area (Å²) in [4.78, 5) is 0. The van der Waals surface area contributed by atoms with Gasteiger partial charge in [0.25, 0.3) is 0 Å². The zero-order valence-corrected chi connectivity index (χ0v) is 9.40. The minimum absolute atomic E-state index is 0.676. The maximum atomic E-state index is 6.03. The molecule has 1 aliphatic heterocycles. The Bertz CT molecular complexity index is 281. The van der Waals surface area contributed by atoms with Crippen molar-refractivity contribution in [3.63, 3.8) is 0 Å². The summed E-state index contributed by atoms with van der Waals surface area (Å²) in [7, 11) is 1.50. The highest BCUT2D eigenvalue weighted by Gasteiger charge is 2.13. The molecule has 2 nitrogen and oxygen atoms in total. The van der Waals surface area contributed by atoms with Gasteiger partial charge in [-0.2, -0.15) is 0 Å². The van der Waals surface area contributed by atoms with Crippen molar-refractivity contribution in [2.75, 3.05) is 13.7 Å². The Balaban J connectivity index is 0.000000461. The molecule has 1 aliphatic rings. The van der Waals surface area contributed by atoms with Gasteiger partial charge in [0.15, 0.2) is 0 Å². The lowest BCUT2D eigenvalue weighted by atomic mass is 9.98. The minimum atomic E-state index is 0.676. The Hall–Kier alpha value is -0.570. The van der Waals surface area contributed by atoms with E-state index in [1.54, 1.807) is 0 Å². The molecule has 0 saturated carbocycles. The molecule has 3 heteroatoms.